The van der Waals surface area contributed by atoms with Crippen LogP contribution in [0.4, 0.5) is 5.82 Å². The number of rotatable bonds is 4. The van der Waals surface area contributed by atoms with Crippen molar-refractivity contribution in [2.45, 2.75) is 46.1 Å². The first-order valence-corrected chi connectivity index (χ1v) is 8.81. The van der Waals surface area contributed by atoms with Gasteiger partial charge in [0.05, 0.1) is 12.1 Å². The van der Waals surface area contributed by atoms with Crippen LogP contribution in [0, 0.1) is 20.8 Å². The summed E-state index contributed by atoms with van der Waals surface area (Å²) in [6.07, 6.45) is 2.42. The van der Waals surface area contributed by atoms with Gasteiger partial charge in [-0.25, -0.2) is 4.98 Å². The highest BCUT2D eigenvalue weighted by Crippen LogP contribution is 2.22. The van der Waals surface area contributed by atoms with Crippen LogP contribution in [0.5, 0.6) is 0 Å². The summed E-state index contributed by atoms with van der Waals surface area (Å²) in [7, 11) is 1.90. The molecule has 25 heavy (non-hydrogen) atoms. The number of hydrogen-bond donors (Lipinski definition) is 0. The lowest BCUT2D eigenvalue weighted by Crippen LogP contribution is -2.49. The summed E-state index contributed by atoms with van der Waals surface area (Å²) in [6, 6.07) is 6.28. The van der Waals surface area contributed by atoms with Crippen molar-refractivity contribution in [2.75, 3.05) is 25.0 Å². The van der Waals surface area contributed by atoms with Gasteiger partial charge < -0.3 is 14.3 Å². The van der Waals surface area contributed by atoms with Gasteiger partial charge in [-0.2, -0.15) is 0 Å². The Bertz CT molecular complexity index is 736. The van der Waals surface area contributed by atoms with Crippen molar-refractivity contribution in [1.82, 2.24) is 15.0 Å². The van der Waals surface area contributed by atoms with E-state index in [1.165, 1.54) is 0 Å². The largest absolute Gasteiger partial charge is 0.361 e. The van der Waals surface area contributed by atoms with E-state index in [2.05, 4.69) is 15.0 Å². The molecule has 134 valence electrons. The molecule has 1 saturated heterocycles. The molecule has 2 aromatic rings. The SMILES string of the molecule is Cc1cccc(N2CCC[C@H](N(C)C(=O)Cc3c(C)noc3C)C2)n1. The zero-order valence-corrected chi connectivity index (χ0v) is 15.5. The second-order valence-corrected chi connectivity index (χ2v) is 6.86. The standard InChI is InChI=1S/C19H26N4O2/c1-13-7-5-9-18(20-13)23-10-6-8-16(12-23)22(4)19(24)11-17-14(2)21-25-15(17)3/h5,7,9,16H,6,8,10-12H2,1-4H3/t16-/m0/s1. The van der Waals surface area contributed by atoms with E-state index in [9.17, 15) is 4.79 Å². The maximum Gasteiger partial charge on any atom is 0.227 e. The number of carbonyl (C=O) groups is 1. The van der Waals surface area contributed by atoms with Crippen LogP contribution in [-0.4, -0.2) is 47.1 Å². The van der Waals surface area contributed by atoms with Crippen molar-refractivity contribution >= 4 is 11.7 Å². The van der Waals surface area contributed by atoms with Crippen LogP contribution in [0.2, 0.25) is 0 Å². The predicted octanol–water partition coefficient (Wildman–Crippen LogP) is 2.66. The van der Waals surface area contributed by atoms with E-state index in [0.717, 1.165) is 54.5 Å². The molecule has 1 atom stereocenters. The molecule has 0 radical (unpaired) electrons. The molecule has 0 aromatic carbocycles. The predicted molar refractivity (Wildman–Crippen MR) is 96.7 cm³/mol. The summed E-state index contributed by atoms with van der Waals surface area (Å²) >= 11 is 0. The van der Waals surface area contributed by atoms with Gasteiger partial charge in [0.15, 0.2) is 0 Å². The van der Waals surface area contributed by atoms with Crippen LogP contribution in [0.25, 0.3) is 0 Å². The summed E-state index contributed by atoms with van der Waals surface area (Å²) in [5.74, 6) is 1.84. The van der Waals surface area contributed by atoms with E-state index in [1.54, 1.807) is 0 Å². The fourth-order valence-electron chi connectivity index (χ4n) is 3.42. The fraction of sp³-hybridized carbons (Fsp3) is 0.526. The van der Waals surface area contributed by atoms with Gasteiger partial charge in [-0.15, -0.1) is 0 Å². The molecule has 0 aliphatic carbocycles. The average molecular weight is 342 g/mol. The Morgan fingerprint density at radius 1 is 1.36 bits per heavy atom. The molecule has 0 unspecified atom stereocenters. The number of nitrogens with zero attached hydrogens (tertiary/aromatic N) is 4. The zero-order chi connectivity index (χ0) is 18.0. The molecule has 3 heterocycles. The van der Waals surface area contributed by atoms with Gasteiger partial charge >= 0.3 is 0 Å². The summed E-state index contributed by atoms with van der Waals surface area (Å²) in [4.78, 5) is 21.5. The quantitative estimate of drug-likeness (QED) is 0.855. The minimum absolute atomic E-state index is 0.110. The third-order valence-electron chi connectivity index (χ3n) is 5.04. The molecule has 0 spiro atoms. The van der Waals surface area contributed by atoms with E-state index in [1.807, 2.05) is 50.9 Å². The number of carbonyl (C=O) groups excluding carboxylic acids is 1. The number of hydrogen-bond acceptors (Lipinski definition) is 5. The maximum absolute atomic E-state index is 12.7. The first-order valence-electron chi connectivity index (χ1n) is 8.81. The van der Waals surface area contributed by atoms with E-state index in [4.69, 9.17) is 4.52 Å². The Hall–Kier alpha value is -2.37. The molecule has 2 aromatic heterocycles. The lowest BCUT2D eigenvalue weighted by molar-refractivity contribution is -0.131. The molecular weight excluding hydrogens is 316 g/mol. The summed E-state index contributed by atoms with van der Waals surface area (Å²) in [6.45, 7) is 7.54. The van der Waals surface area contributed by atoms with Crippen LogP contribution in [-0.2, 0) is 11.2 Å². The van der Waals surface area contributed by atoms with E-state index >= 15 is 0 Å². The van der Waals surface area contributed by atoms with Gasteiger partial charge in [0.1, 0.15) is 11.6 Å². The number of aromatic nitrogens is 2. The highest BCUT2D eigenvalue weighted by molar-refractivity contribution is 5.79. The van der Waals surface area contributed by atoms with E-state index < -0.39 is 0 Å². The Morgan fingerprint density at radius 2 is 2.16 bits per heavy atom. The summed E-state index contributed by atoms with van der Waals surface area (Å²) in [5, 5.41) is 3.94. The van der Waals surface area contributed by atoms with Crippen molar-refractivity contribution < 1.29 is 9.32 Å². The smallest absolute Gasteiger partial charge is 0.227 e. The molecule has 1 amide bonds. The topological polar surface area (TPSA) is 62.5 Å². The number of anilines is 1. The highest BCUT2D eigenvalue weighted by atomic mass is 16.5. The summed E-state index contributed by atoms with van der Waals surface area (Å²) < 4.78 is 5.17. The van der Waals surface area contributed by atoms with E-state index in [-0.39, 0.29) is 11.9 Å². The number of aryl methyl sites for hydroxylation is 3. The number of pyridine rings is 1. The van der Waals surface area contributed by atoms with Crippen molar-refractivity contribution in [3.05, 3.63) is 40.9 Å². The molecule has 6 heteroatoms. The molecule has 3 rings (SSSR count). The first kappa shape index (κ1) is 17.5. The van der Waals surface area contributed by atoms with Gasteiger partial charge in [-0.1, -0.05) is 11.2 Å². The van der Waals surface area contributed by atoms with Crippen molar-refractivity contribution in [2.24, 2.45) is 0 Å². The van der Waals surface area contributed by atoms with Crippen molar-refractivity contribution in [3.63, 3.8) is 0 Å². The lowest BCUT2D eigenvalue weighted by atomic mass is 10.0. The van der Waals surface area contributed by atoms with Gasteiger partial charge in [0.2, 0.25) is 5.91 Å². The van der Waals surface area contributed by atoms with Crippen LogP contribution in [0.15, 0.2) is 22.7 Å². The molecule has 0 saturated carbocycles. The van der Waals surface area contributed by atoms with Gasteiger partial charge in [0.25, 0.3) is 0 Å². The van der Waals surface area contributed by atoms with Crippen LogP contribution >= 0.6 is 0 Å². The molecular formula is C19H26N4O2. The number of amides is 1. The molecule has 1 aliphatic rings. The van der Waals surface area contributed by atoms with Gasteiger partial charge in [-0.05, 0) is 45.7 Å². The minimum Gasteiger partial charge on any atom is -0.361 e. The third kappa shape index (κ3) is 3.83. The monoisotopic (exact) mass is 342 g/mol. The highest BCUT2D eigenvalue weighted by Gasteiger charge is 2.27. The third-order valence-corrected chi connectivity index (χ3v) is 5.04. The second kappa shape index (κ2) is 7.25. The minimum atomic E-state index is 0.110. The lowest BCUT2D eigenvalue weighted by Gasteiger charge is -2.38. The Labute approximate surface area is 148 Å². The maximum atomic E-state index is 12.7. The van der Waals surface area contributed by atoms with Crippen molar-refractivity contribution in [1.29, 1.82) is 0 Å². The summed E-state index contributed by atoms with van der Waals surface area (Å²) in [5.41, 5.74) is 2.72. The Balaban J connectivity index is 1.67. The molecule has 0 N–H and O–H groups in total. The van der Waals surface area contributed by atoms with Crippen LogP contribution in [0.1, 0.15) is 35.6 Å². The van der Waals surface area contributed by atoms with Gasteiger partial charge in [0, 0.05) is 37.4 Å². The molecule has 1 aliphatic heterocycles. The normalized spacial score (nSPS) is 17.6. The zero-order valence-electron chi connectivity index (χ0n) is 15.5. The number of likely N-dealkylation sites (N-methyl/N-ethyl adjacent to an activating group) is 1. The van der Waals surface area contributed by atoms with E-state index in [0.29, 0.717) is 6.42 Å². The van der Waals surface area contributed by atoms with Crippen molar-refractivity contribution in [3.8, 4) is 0 Å². The Morgan fingerprint density at radius 3 is 2.84 bits per heavy atom. The molecule has 1 fully saturated rings. The number of piperidine rings is 1. The second-order valence-electron chi connectivity index (χ2n) is 6.86. The van der Waals surface area contributed by atoms with Crippen LogP contribution in [0.3, 0.4) is 0 Å². The molecule has 0 bridgehead atoms. The average Bonchev–Trinajstić information content (AvgIpc) is 2.93. The Kier molecular flexibility index (Phi) is 5.06. The van der Waals surface area contributed by atoms with Gasteiger partial charge in [-0.3, -0.25) is 4.79 Å². The fourth-order valence-corrected chi connectivity index (χ4v) is 3.42. The molecule has 6 nitrogen and oxygen atoms in total. The van der Waals surface area contributed by atoms with Crippen LogP contribution < -0.4 is 4.90 Å². The first-order chi connectivity index (χ1) is 12.0.